The Kier molecular flexibility index (Phi) is 2.64. The van der Waals surface area contributed by atoms with Gasteiger partial charge in [-0.15, -0.1) is 0 Å². The van der Waals surface area contributed by atoms with Gasteiger partial charge in [0, 0.05) is 18.8 Å². The summed E-state index contributed by atoms with van der Waals surface area (Å²) in [6.45, 7) is 0.578. The van der Waals surface area contributed by atoms with Crippen molar-refractivity contribution in [2.75, 3.05) is 7.05 Å². The van der Waals surface area contributed by atoms with Crippen molar-refractivity contribution < 1.29 is 9.90 Å². The number of carboxylic acids is 1. The van der Waals surface area contributed by atoms with Gasteiger partial charge in [0.2, 0.25) is 0 Å². The normalized spacial score (nSPS) is 15.6. The number of hydrogen-bond donors (Lipinski definition) is 1. The molecule has 2 rings (SSSR count). The minimum Gasteiger partial charge on any atom is -0.478 e. The Morgan fingerprint density at radius 2 is 2.40 bits per heavy atom. The molecule has 0 aromatic carbocycles. The van der Waals surface area contributed by atoms with Gasteiger partial charge in [-0.1, -0.05) is 0 Å². The van der Waals surface area contributed by atoms with Gasteiger partial charge >= 0.3 is 5.97 Å². The standard InChI is InChI=1S/C10H13N3O2/c1-13(7-2-3-7)5-9-8(10(14)15)4-11-6-12-9/h4,6-7H,2-3,5H2,1H3,(H,14,15). The Balaban J connectivity index is 2.15. The molecular formula is C10H13N3O2. The monoisotopic (exact) mass is 207 g/mol. The molecule has 0 saturated heterocycles. The molecule has 0 radical (unpaired) electrons. The van der Waals surface area contributed by atoms with Crippen molar-refractivity contribution in [2.45, 2.75) is 25.4 Å². The summed E-state index contributed by atoms with van der Waals surface area (Å²) in [4.78, 5) is 20.8. The Labute approximate surface area is 87.8 Å². The largest absolute Gasteiger partial charge is 0.478 e. The third-order valence-corrected chi connectivity index (χ3v) is 2.59. The molecule has 80 valence electrons. The molecule has 15 heavy (non-hydrogen) atoms. The Morgan fingerprint density at radius 3 is 3.00 bits per heavy atom. The van der Waals surface area contributed by atoms with Crippen LogP contribution in [0.1, 0.15) is 28.9 Å². The third kappa shape index (κ3) is 2.30. The highest BCUT2D eigenvalue weighted by Crippen LogP contribution is 2.26. The van der Waals surface area contributed by atoms with E-state index in [4.69, 9.17) is 5.11 Å². The third-order valence-electron chi connectivity index (χ3n) is 2.59. The quantitative estimate of drug-likeness (QED) is 0.789. The van der Waals surface area contributed by atoms with Crippen LogP contribution < -0.4 is 0 Å². The van der Waals surface area contributed by atoms with Crippen molar-refractivity contribution in [3.63, 3.8) is 0 Å². The van der Waals surface area contributed by atoms with Crippen molar-refractivity contribution >= 4 is 5.97 Å². The highest BCUT2D eigenvalue weighted by molar-refractivity contribution is 5.88. The number of aromatic carboxylic acids is 1. The number of aromatic nitrogens is 2. The highest BCUT2D eigenvalue weighted by atomic mass is 16.4. The van der Waals surface area contributed by atoms with Crippen LogP contribution in [0.2, 0.25) is 0 Å². The molecule has 5 nitrogen and oxygen atoms in total. The zero-order chi connectivity index (χ0) is 10.8. The van der Waals surface area contributed by atoms with Crippen LogP contribution in [0.25, 0.3) is 0 Å². The van der Waals surface area contributed by atoms with Crippen LogP contribution in [0.15, 0.2) is 12.5 Å². The van der Waals surface area contributed by atoms with Crippen molar-refractivity contribution in [1.82, 2.24) is 14.9 Å². The van der Waals surface area contributed by atoms with Gasteiger partial charge in [-0.25, -0.2) is 14.8 Å². The molecule has 1 aliphatic rings. The molecule has 0 spiro atoms. The fraction of sp³-hybridized carbons (Fsp3) is 0.500. The minimum atomic E-state index is -0.963. The fourth-order valence-corrected chi connectivity index (χ4v) is 1.54. The molecule has 0 atom stereocenters. The summed E-state index contributed by atoms with van der Waals surface area (Å²) in [7, 11) is 1.99. The summed E-state index contributed by atoms with van der Waals surface area (Å²) >= 11 is 0. The second-order valence-electron chi connectivity index (χ2n) is 3.83. The van der Waals surface area contributed by atoms with E-state index in [1.807, 2.05) is 7.05 Å². The molecule has 1 heterocycles. The molecule has 1 fully saturated rings. The lowest BCUT2D eigenvalue weighted by atomic mass is 10.2. The van der Waals surface area contributed by atoms with Gasteiger partial charge in [0.05, 0.1) is 5.69 Å². The molecule has 5 heteroatoms. The van der Waals surface area contributed by atoms with E-state index >= 15 is 0 Å². The highest BCUT2D eigenvalue weighted by Gasteiger charge is 2.27. The van der Waals surface area contributed by atoms with Crippen LogP contribution in [0.5, 0.6) is 0 Å². The predicted octanol–water partition coefficient (Wildman–Crippen LogP) is 0.769. The SMILES string of the molecule is CN(Cc1ncncc1C(=O)O)C1CC1. The summed E-state index contributed by atoms with van der Waals surface area (Å²) in [5, 5.41) is 8.93. The van der Waals surface area contributed by atoms with Crippen LogP contribution in [0.4, 0.5) is 0 Å². The van der Waals surface area contributed by atoms with E-state index in [1.165, 1.54) is 25.4 Å². The van der Waals surface area contributed by atoms with Gasteiger partial charge in [0.25, 0.3) is 0 Å². The maximum atomic E-state index is 10.9. The van der Waals surface area contributed by atoms with Crippen molar-refractivity contribution in [3.05, 3.63) is 23.8 Å². The summed E-state index contributed by atoms with van der Waals surface area (Å²) in [6.07, 6.45) is 5.14. The average molecular weight is 207 g/mol. The first-order chi connectivity index (χ1) is 7.18. The first kappa shape index (κ1) is 10.0. The summed E-state index contributed by atoms with van der Waals surface area (Å²) in [5.74, 6) is -0.963. The maximum Gasteiger partial charge on any atom is 0.339 e. The van der Waals surface area contributed by atoms with Gasteiger partial charge in [0.1, 0.15) is 11.9 Å². The van der Waals surface area contributed by atoms with Gasteiger partial charge in [-0.2, -0.15) is 0 Å². The average Bonchev–Trinajstić information content (AvgIpc) is 3.01. The number of carboxylic acid groups (broad SMARTS) is 1. The van der Waals surface area contributed by atoms with Gasteiger partial charge in [0.15, 0.2) is 0 Å². The van der Waals surface area contributed by atoms with Gasteiger partial charge in [-0.05, 0) is 19.9 Å². The Bertz CT molecular complexity index is 377. The molecule has 0 bridgehead atoms. The predicted molar refractivity (Wildman–Crippen MR) is 53.5 cm³/mol. The summed E-state index contributed by atoms with van der Waals surface area (Å²) < 4.78 is 0. The summed E-state index contributed by atoms with van der Waals surface area (Å²) in [6, 6.07) is 0.599. The zero-order valence-corrected chi connectivity index (χ0v) is 8.55. The molecule has 1 N–H and O–H groups in total. The first-order valence-electron chi connectivity index (χ1n) is 4.91. The fourth-order valence-electron chi connectivity index (χ4n) is 1.54. The van der Waals surface area contributed by atoms with E-state index in [1.54, 1.807) is 0 Å². The van der Waals surface area contributed by atoms with Gasteiger partial charge in [-0.3, -0.25) is 4.90 Å². The first-order valence-corrected chi connectivity index (χ1v) is 4.91. The molecule has 1 saturated carbocycles. The van der Waals surface area contributed by atoms with Crippen LogP contribution in [-0.4, -0.2) is 39.0 Å². The van der Waals surface area contributed by atoms with Crippen LogP contribution >= 0.6 is 0 Å². The van der Waals surface area contributed by atoms with E-state index in [9.17, 15) is 4.79 Å². The minimum absolute atomic E-state index is 0.199. The van der Waals surface area contributed by atoms with E-state index < -0.39 is 5.97 Å². The van der Waals surface area contributed by atoms with Crippen molar-refractivity contribution in [3.8, 4) is 0 Å². The summed E-state index contributed by atoms with van der Waals surface area (Å²) in [5.41, 5.74) is 0.789. The lowest BCUT2D eigenvalue weighted by Crippen LogP contribution is -2.22. The van der Waals surface area contributed by atoms with Crippen molar-refractivity contribution in [2.24, 2.45) is 0 Å². The molecule has 1 aromatic rings. The van der Waals surface area contributed by atoms with Crippen LogP contribution in [0.3, 0.4) is 0 Å². The maximum absolute atomic E-state index is 10.9. The Morgan fingerprint density at radius 1 is 1.67 bits per heavy atom. The zero-order valence-electron chi connectivity index (χ0n) is 8.55. The lowest BCUT2D eigenvalue weighted by Gasteiger charge is -2.15. The number of hydrogen-bond acceptors (Lipinski definition) is 4. The second-order valence-corrected chi connectivity index (χ2v) is 3.83. The van der Waals surface area contributed by atoms with E-state index in [0.29, 0.717) is 18.3 Å². The second kappa shape index (κ2) is 3.94. The van der Waals surface area contributed by atoms with Crippen molar-refractivity contribution in [1.29, 1.82) is 0 Å². The lowest BCUT2D eigenvalue weighted by molar-refractivity contribution is 0.0693. The van der Waals surface area contributed by atoms with E-state index in [0.717, 1.165) is 0 Å². The van der Waals surface area contributed by atoms with E-state index in [2.05, 4.69) is 14.9 Å². The molecular weight excluding hydrogens is 194 g/mol. The molecule has 0 aliphatic heterocycles. The van der Waals surface area contributed by atoms with Crippen LogP contribution in [0, 0.1) is 0 Å². The smallest absolute Gasteiger partial charge is 0.339 e. The molecule has 0 unspecified atom stereocenters. The topological polar surface area (TPSA) is 66.3 Å². The molecule has 1 aliphatic carbocycles. The molecule has 1 aromatic heterocycles. The number of rotatable bonds is 4. The number of carbonyl (C=O) groups is 1. The number of nitrogens with zero attached hydrogens (tertiary/aromatic N) is 3. The Hall–Kier alpha value is -1.49. The molecule has 0 amide bonds. The van der Waals surface area contributed by atoms with E-state index in [-0.39, 0.29) is 5.56 Å². The van der Waals surface area contributed by atoms with Crippen LogP contribution in [-0.2, 0) is 6.54 Å². The van der Waals surface area contributed by atoms with Gasteiger partial charge < -0.3 is 5.11 Å².